The Balaban J connectivity index is 0.00000126. The van der Waals surface area contributed by atoms with Gasteiger partial charge in [-0.3, -0.25) is 20.2 Å². The number of nitro benzene ring substituents is 1. The van der Waals surface area contributed by atoms with Gasteiger partial charge in [0, 0.05) is 17.7 Å². The maximum Gasteiger partial charge on any atom is 0.270 e. The Labute approximate surface area is 162 Å². The third-order valence-electron chi connectivity index (χ3n) is 4.13. The van der Waals surface area contributed by atoms with Crippen LogP contribution in [0.25, 0.3) is 10.2 Å². The van der Waals surface area contributed by atoms with Crippen LogP contribution in [0, 0.1) is 10.1 Å². The van der Waals surface area contributed by atoms with Crippen LogP contribution >= 0.6 is 11.3 Å². The van der Waals surface area contributed by atoms with Gasteiger partial charge in [0.1, 0.15) is 0 Å². The summed E-state index contributed by atoms with van der Waals surface area (Å²) in [6.45, 7) is 8.27. The summed E-state index contributed by atoms with van der Waals surface area (Å²) < 4.78 is 1.01. The lowest BCUT2D eigenvalue weighted by atomic mass is 9.98. The molecule has 0 saturated heterocycles. The van der Waals surface area contributed by atoms with Gasteiger partial charge in [0.15, 0.2) is 5.13 Å². The highest BCUT2D eigenvalue weighted by atomic mass is 32.1. The van der Waals surface area contributed by atoms with E-state index in [1.165, 1.54) is 29.5 Å². The summed E-state index contributed by atoms with van der Waals surface area (Å²) in [6.07, 6.45) is 1.01. The van der Waals surface area contributed by atoms with Crippen molar-refractivity contribution in [1.82, 2.24) is 4.98 Å². The van der Waals surface area contributed by atoms with Gasteiger partial charge >= 0.3 is 0 Å². The second-order valence-electron chi connectivity index (χ2n) is 5.78. The molecule has 0 fully saturated rings. The van der Waals surface area contributed by atoms with Gasteiger partial charge in [-0.15, -0.1) is 0 Å². The van der Waals surface area contributed by atoms with E-state index in [4.69, 9.17) is 0 Å². The van der Waals surface area contributed by atoms with Crippen molar-refractivity contribution in [3.63, 3.8) is 0 Å². The Bertz CT molecular complexity index is 953. The first-order valence-electron chi connectivity index (χ1n) is 8.95. The Morgan fingerprint density at radius 1 is 1.26 bits per heavy atom. The number of carbonyl (C=O) groups excluding carboxylic acids is 1. The van der Waals surface area contributed by atoms with Crippen LogP contribution < -0.4 is 5.32 Å². The van der Waals surface area contributed by atoms with Gasteiger partial charge < -0.3 is 0 Å². The summed E-state index contributed by atoms with van der Waals surface area (Å²) in [5.41, 5.74) is 2.18. The minimum Gasteiger partial charge on any atom is -0.298 e. The molecule has 1 unspecified atom stereocenters. The summed E-state index contributed by atoms with van der Waals surface area (Å²) >= 11 is 1.40. The van der Waals surface area contributed by atoms with Gasteiger partial charge in [0.05, 0.1) is 15.1 Å². The Morgan fingerprint density at radius 2 is 1.96 bits per heavy atom. The number of nitrogens with one attached hydrogen (secondary N) is 1. The predicted octanol–water partition coefficient (Wildman–Crippen LogP) is 6.00. The van der Waals surface area contributed by atoms with Crippen molar-refractivity contribution in [2.24, 2.45) is 0 Å². The van der Waals surface area contributed by atoms with Gasteiger partial charge in [0.2, 0.25) is 0 Å². The topological polar surface area (TPSA) is 85.1 Å². The van der Waals surface area contributed by atoms with Crippen LogP contribution in [0.5, 0.6) is 0 Å². The number of aromatic nitrogens is 1. The molecule has 0 aliphatic heterocycles. The van der Waals surface area contributed by atoms with Crippen molar-refractivity contribution in [3.8, 4) is 0 Å². The number of nitrogens with zero attached hydrogens (tertiary/aromatic N) is 2. The fourth-order valence-electron chi connectivity index (χ4n) is 2.57. The average molecular weight is 385 g/mol. The number of hydrogen-bond acceptors (Lipinski definition) is 5. The summed E-state index contributed by atoms with van der Waals surface area (Å²) in [6, 6.07) is 11.7. The van der Waals surface area contributed by atoms with E-state index in [9.17, 15) is 14.9 Å². The van der Waals surface area contributed by atoms with Crippen molar-refractivity contribution < 1.29 is 9.72 Å². The third-order valence-corrected chi connectivity index (χ3v) is 5.07. The van der Waals surface area contributed by atoms with E-state index in [1.54, 1.807) is 6.07 Å². The minimum absolute atomic E-state index is 0.115. The molecule has 142 valence electrons. The smallest absolute Gasteiger partial charge is 0.270 e. The van der Waals surface area contributed by atoms with E-state index in [0.717, 1.165) is 22.2 Å². The zero-order valence-corrected chi connectivity index (χ0v) is 16.7. The molecule has 3 rings (SSSR count). The molecule has 1 amide bonds. The number of hydrogen-bond donors (Lipinski definition) is 1. The van der Waals surface area contributed by atoms with Crippen molar-refractivity contribution in [3.05, 3.63) is 63.7 Å². The van der Waals surface area contributed by atoms with Crippen LogP contribution in [0.4, 0.5) is 10.8 Å². The van der Waals surface area contributed by atoms with Gasteiger partial charge in [-0.05, 0) is 30.0 Å². The fourth-order valence-corrected chi connectivity index (χ4v) is 3.47. The van der Waals surface area contributed by atoms with Crippen LogP contribution in [0.15, 0.2) is 42.5 Å². The highest BCUT2D eigenvalue weighted by molar-refractivity contribution is 7.22. The number of fused-ring (bicyclic) bond motifs is 1. The van der Waals surface area contributed by atoms with E-state index in [-0.39, 0.29) is 11.3 Å². The number of carbonyl (C=O) groups is 1. The van der Waals surface area contributed by atoms with Crippen molar-refractivity contribution >= 4 is 38.3 Å². The Kier molecular flexibility index (Phi) is 7.01. The SMILES string of the molecule is CC.CCC(C)c1cccc2sc(NC(=O)c3cccc([N+](=O)[O-])c3)nc12. The molecule has 0 aliphatic rings. The van der Waals surface area contributed by atoms with E-state index >= 15 is 0 Å². The van der Waals surface area contributed by atoms with E-state index in [0.29, 0.717) is 11.0 Å². The van der Waals surface area contributed by atoms with Crippen LogP contribution in [-0.4, -0.2) is 15.8 Å². The first-order valence-corrected chi connectivity index (χ1v) is 9.76. The predicted molar refractivity (Wildman–Crippen MR) is 111 cm³/mol. The van der Waals surface area contributed by atoms with Gasteiger partial charge in [0.25, 0.3) is 11.6 Å². The molecule has 27 heavy (non-hydrogen) atoms. The number of thiazole rings is 1. The lowest BCUT2D eigenvalue weighted by Crippen LogP contribution is -2.11. The van der Waals surface area contributed by atoms with Gasteiger partial charge in [-0.1, -0.05) is 57.2 Å². The fraction of sp³-hybridized carbons (Fsp3) is 0.300. The first kappa shape index (κ1) is 20.5. The number of para-hydroxylation sites is 1. The maximum atomic E-state index is 12.4. The molecule has 0 aliphatic carbocycles. The Morgan fingerprint density at radius 3 is 2.63 bits per heavy atom. The summed E-state index contributed by atoms with van der Waals surface area (Å²) in [5, 5.41) is 14.1. The van der Waals surface area contributed by atoms with E-state index in [2.05, 4.69) is 30.2 Å². The van der Waals surface area contributed by atoms with Gasteiger partial charge in [-0.2, -0.15) is 0 Å². The molecule has 6 nitrogen and oxygen atoms in total. The standard InChI is InChI=1S/C18H17N3O3S.C2H6/c1-3-11(2)14-8-5-9-15-16(14)19-18(25-15)20-17(22)12-6-4-7-13(10-12)21(23)24;1-2/h4-11H,3H2,1-2H3,(H,19,20,22);1-2H3. The molecule has 7 heteroatoms. The number of benzene rings is 2. The molecule has 1 heterocycles. The molecular formula is C20H23N3O3S. The van der Waals surface area contributed by atoms with E-state index in [1.807, 2.05) is 26.0 Å². The Hall–Kier alpha value is -2.80. The van der Waals surface area contributed by atoms with Crippen molar-refractivity contribution in [1.29, 1.82) is 0 Å². The third kappa shape index (κ3) is 4.68. The zero-order chi connectivity index (χ0) is 20.0. The maximum absolute atomic E-state index is 12.4. The highest BCUT2D eigenvalue weighted by Gasteiger charge is 2.16. The molecule has 1 atom stereocenters. The van der Waals surface area contributed by atoms with Crippen LogP contribution in [0.2, 0.25) is 0 Å². The summed E-state index contributed by atoms with van der Waals surface area (Å²) in [4.78, 5) is 27.3. The van der Waals surface area contributed by atoms with Crippen LogP contribution in [0.1, 0.15) is 56.0 Å². The number of non-ortho nitro benzene ring substituents is 1. The molecule has 0 spiro atoms. The minimum atomic E-state index is -0.521. The second kappa shape index (κ2) is 9.23. The summed E-state index contributed by atoms with van der Waals surface area (Å²) in [5.74, 6) is -0.0287. The monoisotopic (exact) mass is 385 g/mol. The second-order valence-corrected chi connectivity index (χ2v) is 6.81. The molecule has 3 aromatic rings. The molecule has 1 aromatic heterocycles. The number of amides is 1. The molecule has 2 aromatic carbocycles. The lowest BCUT2D eigenvalue weighted by molar-refractivity contribution is -0.384. The molecule has 0 saturated carbocycles. The average Bonchev–Trinajstić information content (AvgIpc) is 3.11. The van der Waals surface area contributed by atoms with Gasteiger partial charge in [-0.25, -0.2) is 4.98 Å². The largest absolute Gasteiger partial charge is 0.298 e. The normalized spacial score (nSPS) is 11.4. The zero-order valence-electron chi connectivity index (χ0n) is 15.9. The van der Waals surface area contributed by atoms with Crippen LogP contribution in [0.3, 0.4) is 0 Å². The number of nitro groups is 1. The molecular weight excluding hydrogens is 362 g/mol. The van der Waals surface area contributed by atoms with Crippen molar-refractivity contribution in [2.45, 2.75) is 40.0 Å². The first-order chi connectivity index (χ1) is 13.0. The number of anilines is 1. The highest BCUT2D eigenvalue weighted by Crippen LogP contribution is 2.33. The molecule has 0 bridgehead atoms. The quantitative estimate of drug-likeness (QED) is 0.431. The number of rotatable bonds is 5. The molecule has 0 radical (unpaired) electrons. The molecule has 1 N–H and O–H groups in total. The van der Waals surface area contributed by atoms with Crippen LogP contribution in [-0.2, 0) is 0 Å². The van der Waals surface area contributed by atoms with E-state index < -0.39 is 10.8 Å². The summed E-state index contributed by atoms with van der Waals surface area (Å²) in [7, 11) is 0. The van der Waals surface area contributed by atoms with Crippen molar-refractivity contribution in [2.75, 3.05) is 5.32 Å². The lowest BCUT2D eigenvalue weighted by Gasteiger charge is -2.08.